The fourth-order valence-electron chi connectivity index (χ4n) is 7.66. The summed E-state index contributed by atoms with van der Waals surface area (Å²) >= 11 is 0. The molecule has 43 heavy (non-hydrogen) atoms. The summed E-state index contributed by atoms with van der Waals surface area (Å²) < 4.78 is 12.3. The molecule has 0 aromatic heterocycles. The lowest BCUT2D eigenvalue weighted by Gasteiger charge is -2.39. The molecule has 1 spiro atoms. The molecule has 9 nitrogen and oxygen atoms in total. The van der Waals surface area contributed by atoms with E-state index in [0.717, 1.165) is 19.3 Å². The second-order valence-corrected chi connectivity index (χ2v) is 12.4. The van der Waals surface area contributed by atoms with E-state index in [1.807, 2.05) is 26.0 Å². The van der Waals surface area contributed by atoms with E-state index < -0.39 is 29.1 Å². The lowest BCUT2D eigenvalue weighted by molar-refractivity contribution is -0.151. The van der Waals surface area contributed by atoms with Crippen LogP contribution < -0.4 is 9.64 Å². The van der Waals surface area contributed by atoms with E-state index >= 15 is 0 Å². The van der Waals surface area contributed by atoms with Crippen molar-refractivity contribution in [3.05, 3.63) is 49.6 Å². The molecular weight excluding hydrogens is 546 g/mol. The number of benzene rings is 1. The lowest BCUT2D eigenvalue weighted by Crippen LogP contribution is -2.57. The number of carbonyl (C=O) groups is 3. The third-order valence-corrected chi connectivity index (χ3v) is 9.74. The molecule has 0 radical (unpaired) electrons. The number of aliphatic hydroxyl groups is 1. The number of fused-ring (bicyclic) bond motifs is 1. The highest BCUT2D eigenvalue weighted by atomic mass is 16.5. The van der Waals surface area contributed by atoms with Gasteiger partial charge in [-0.2, -0.15) is 0 Å². The second-order valence-electron chi connectivity index (χ2n) is 12.4. The predicted molar refractivity (Wildman–Crippen MR) is 167 cm³/mol. The second kappa shape index (κ2) is 13.6. The Morgan fingerprint density at radius 1 is 1.12 bits per heavy atom. The predicted octanol–water partition coefficient (Wildman–Crippen LogP) is 4.20. The Morgan fingerprint density at radius 2 is 1.79 bits per heavy atom. The highest BCUT2D eigenvalue weighted by molar-refractivity contribution is 6.05. The van der Waals surface area contributed by atoms with Gasteiger partial charge in [0.05, 0.1) is 24.5 Å². The van der Waals surface area contributed by atoms with Crippen molar-refractivity contribution in [2.75, 3.05) is 44.8 Å². The van der Waals surface area contributed by atoms with Gasteiger partial charge in [-0.05, 0) is 62.8 Å². The Bertz CT molecular complexity index is 1190. The van der Waals surface area contributed by atoms with Gasteiger partial charge in [0, 0.05) is 38.5 Å². The molecule has 3 aliphatic rings. The van der Waals surface area contributed by atoms with E-state index in [0.29, 0.717) is 50.3 Å². The Morgan fingerprint density at radius 3 is 2.40 bits per heavy atom. The number of hydrogen-bond donors (Lipinski definition) is 1. The maximum Gasteiger partial charge on any atom is 0.253 e. The number of anilines is 1. The highest BCUT2D eigenvalue weighted by Crippen LogP contribution is 2.65. The summed E-state index contributed by atoms with van der Waals surface area (Å²) in [6.07, 6.45) is 7.72. The Hall–Kier alpha value is -3.17. The van der Waals surface area contributed by atoms with E-state index in [1.54, 1.807) is 46.1 Å². The van der Waals surface area contributed by atoms with Gasteiger partial charge in [-0.25, -0.2) is 0 Å². The molecule has 9 heteroatoms. The molecule has 0 saturated carbocycles. The molecule has 3 unspecified atom stereocenters. The van der Waals surface area contributed by atoms with Crippen molar-refractivity contribution in [2.24, 2.45) is 17.8 Å². The van der Waals surface area contributed by atoms with Crippen molar-refractivity contribution in [2.45, 2.75) is 76.5 Å². The van der Waals surface area contributed by atoms with Crippen molar-refractivity contribution in [1.29, 1.82) is 0 Å². The van der Waals surface area contributed by atoms with Gasteiger partial charge in [-0.1, -0.05) is 38.8 Å². The molecule has 0 aliphatic carbocycles. The fraction of sp³-hybridized carbons (Fsp3) is 0.618. The summed E-state index contributed by atoms with van der Waals surface area (Å²) in [5.74, 6) is -1.34. The number of carbonyl (C=O) groups excluding carboxylic acids is 3. The molecule has 3 amide bonds. The van der Waals surface area contributed by atoms with Crippen LogP contribution in [0.15, 0.2) is 49.6 Å². The standard InChI is InChI=1S/C34H49N3O6/c1-7-18-35(19-8-2)30(39)27-28-31(40)37(21-12-10-11-13-22-38)29(34(28)23-24(4)33(27,5)43-34)32(41)36(20-9-3)25-14-16-26(42-6)17-15-25/h7,9,14-17,24,27-29,38H,1,3,8,10-13,18-23H2,2,4-6H3/t24?,27-,28+,29?,33+,34?/m1/s1. The van der Waals surface area contributed by atoms with Crippen LogP contribution in [0.4, 0.5) is 5.69 Å². The SMILES string of the molecule is C=CCN(CCC)C(=O)[C@H]1[C@H]2C(=O)N(CCCCCCO)C(C(=O)N(CC=C)c3ccc(OC)cc3)C23CC(C)[C@]1(C)O3. The first-order valence-electron chi connectivity index (χ1n) is 15.7. The fourth-order valence-corrected chi connectivity index (χ4v) is 7.66. The lowest BCUT2D eigenvalue weighted by atomic mass is 9.62. The minimum Gasteiger partial charge on any atom is -0.497 e. The highest BCUT2D eigenvalue weighted by Gasteiger charge is 2.80. The van der Waals surface area contributed by atoms with Gasteiger partial charge in [0.2, 0.25) is 11.8 Å². The van der Waals surface area contributed by atoms with Crippen LogP contribution in [0.3, 0.4) is 0 Å². The van der Waals surface area contributed by atoms with Crippen LogP contribution in [0, 0.1) is 17.8 Å². The average Bonchev–Trinajstić information content (AvgIpc) is 3.51. The quantitative estimate of drug-likeness (QED) is 0.227. The molecule has 1 aromatic carbocycles. The van der Waals surface area contributed by atoms with Crippen molar-refractivity contribution in [1.82, 2.24) is 9.80 Å². The number of rotatable bonds is 16. The minimum atomic E-state index is -1.12. The van der Waals surface area contributed by atoms with E-state index in [9.17, 15) is 19.5 Å². The number of methoxy groups -OCH3 is 1. The van der Waals surface area contributed by atoms with Gasteiger partial charge in [-0.15, -0.1) is 13.2 Å². The van der Waals surface area contributed by atoms with Crippen LogP contribution in [0.25, 0.3) is 0 Å². The monoisotopic (exact) mass is 595 g/mol. The molecule has 3 fully saturated rings. The van der Waals surface area contributed by atoms with Crippen LogP contribution >= 0.6 is 0 Å². The third-order valence-electron chi connectivity index (χ3n) is 9.74. The van der Waals surface area contributed by atoms with Crippen LogP contribution in [-0.4, -0.2) is 89.8 Å². The van der Waals surface area contributed by atoms with Gasteiger partial charge in [0.25, 0.3) is 5.91 Å². The van der Waals surface area contributed by atoms with Gasteiger partial charge >= 0.3 is 0 Å². The first-order valence-corrected chi connectivity index (χ1v) is 15.7. The summed E-state index contributed by atoms with van der Waals surface area (Å²) in [7, 11) is 1.59. The molecule has 1 N–H and O–H groups in total. The number of likely N-dealkylation sites (tertiary alicyclic amines) is 1. The number of nitrogens with zero attached hydrogens (tertiary/aromatic N) is 3. The molecule has 1 aromatic rings. The molecule has 236 valence electrons. The van der Waals surface area contributed by atoms with E-state index in [4.69, 9.17) is 9.47 Å². The van der Waals surface area contributed by atoms with Crippen molar-refractivity contribution >= 4 is 23.4 Å². The minimum absolute atomic E-state index is 0.0358. The maximum atomic E-state index is 14.8. The molecule has 4 rings (SSSR count). The van der Waals surface area contributed by atoms with Gasteiger partial charge in [-0.3, -0.25) is 14.4 Å². The van der Waals surface area contributed by atoms with E-state index in [-0.39, 0.29) is 36.8 Å². The summed E-state index contributed by atoms with van der Waals surface area (Å²) in [6, 6.07) is 6.37. The van der Waals surface area contributed by atoms with Gasteiger partial charge in [0.1, 0.15) is 17.4 Å². The van der Waals surface area contributed by atoms with Crippen LogP contribution in [0.1, 0.15) is 59.3 Å². The summed E-state index contributed by atoms with van der Waals surface area (Å²) in [5.41, 5.74) is -1.33. The number of ether oxygens (including phenoxy) is 2. The first kappa shape index (κ1) is 32.7. The summed E-state index contributed by atoms with van der Waals surface area (Å²) in [5, 5.41) is 9.23. The van der Waals surface area contributed by atoms with Gasteiger partial charge in [0.15, 0.2) is 0 Å². The summed E-state index contributed by atoms with van der Waals surface area (Å²) in [6.45, 7) is 15.5. The van der Waals surface area contributed by atoms with Crippen LogP contribution in [0.5, 0.6) is 5.75 Å². The normalized spacial score (nSPS) is 29.0. The zero-order valence-electron chi connectivity index (χ0n) is 26.3. The molecule has 3 saturated heterocycles. The maximum absolute atomic E-state index is 14.8. The third kappa shape index (κ3) is 5.74. The van der Waals surface area contributed by atoms with Crippen molar-refractivity contribution in [3.8, 4) is 5.75 Å². The topological polar surface area (TPSA) is 99.6 Å². The number of aliphatic hydroxyl groups excluding tert-OH is 1. The Balaban J connectivity index is 1.78. The van der Waals surface area contributed by atoms with E-state index in [1.165, 1.54) is 0 Å². The Labute approximate surface area is 256 Å². The first-order chi connectivity index (χ1) is 20.6. The zero-order valence-corrected chi connectivity index (χ0v) is 26.3. The smallest absolute Gasteiger partial charge is 0.253 e. The van der Waals surface area contributed by atoms with Crippen LogP contribution in [0.2, 0.25) is 0 Å². The Kier molecular flexibility index (Phi) is 10.4. The summed E-state index contributed by atoms with van der Waals surface area (Å²) in [4.78, 5) is 48.7. The molecule has 3 aliphatic heterocycles. The molecule has 2 bridgehead atoms. The molecule has 6 atom stereocenters. The van der Waals surface area contributed by atoms with Crippen molar-refractivity contribution < 1.29 is 29.0 Å². The zero-order chi connectivity index (χ0) is 31.4. The molecular formula is C34H49N3O6. The number of amides is 3. The van der Waals surface area contributed by atoms with E-state index in [2.05, 4.69) is 20.1 Å². The number of unbranched alkanes of at least 4 members (excludes halogenated alkanes) is 3. The number of hydrogen-bond acceptors (Lipinski definition) is 6. The van der Waals surface area contributed by atoms with Crippen molar-refractivity contribution in [3.63, 3.8) is 0 Å². The van der Waals surface area contributed by atoms with Gasteiger partial charge < -0.3 is 29.3 Å². The van der Waals surface area contributed by atoms with Crippen LogP contribution in [-0.2, 0) is 19.1 Å². The largest absolute Gasteiger partial charge is 0.497 e. The average molecular weight is 596 g/mol. The molecule has 3 heterocycles.